The number of anilines is 1. The largest absolute Gasteiger partial charge is 0.455 e. The first kappa shape index (κ1) is 13.0. The van der Waals surface area contributed by atoms with E-state index in [4.69, 9.17) is 9.47 Å². The maximum Gasteiger partial charge on any atom is 0.381 e. The average molecular weight is 275 g/mol. The third-order valence-corrected chi connectivity index (χ3v) is 3.41. The molecule has 106 valence electrons. The van der Waals surface area contributed by atoms with Crippen molar-refractivity contribution >= 4 is 17.4 Å². The fraction of sp³-hybridized carbons (Fsp3) is 0.467. The standard InChI is InChI=1S/C15H17NO4/c1-14(2,3)20-13(18)15-12(17)8-9-16(15)10-6-4-5-7-11(10)19-15/h4-7H,8-9H2,1-3H3. The molecule has 0 amide bonds. The number of esters is 1. The van der Waals surface area contributed by atoms with Crippen LogP contribution in [0, 0.1) is 0 Å². The molecule has 0 radical (unpaired) electrons. The van der Waals surface area contributed by atoms with Crippen LogP contribution < -0.4 is 9.64 Å². The highest BCUT2D eigenvalue weighted by Crippen LogP contribution is 2.46. The molecule has 3 rings (SSSR count). The maximum absolute atomic E-state index is 12.5. The number of fused-ring (bicyclic) bond motifs is 3. The fourth-order valence-corrected chi connectivity index (χ4v) is 2.63. The summed E-state index contributed by atoms with van der Waals surface area (Å²) in [4.78, 5) is 26.5. The van der Waals surface area contributed by atoms with Gasteiger partial charge in [0.1, 0.15) is 11.4 Å². The first-order valence-corrected chi connectivity index (χ1v) is 6.67. The molecule has 1 atom stereocenters. The summed E-state index contributed by atoms with van der Waals surface area (Å²) in [5, 5.41) is 0. The average Bonchev–Trinajstić information content (AvgIpc) is 2.84. The Morgan fingerprint density at radius 3 is 2.75 bits per heavy atom. The highest BCUT2D eigenvalue weighted by Gasteiger charge is 2.63. The molecule has 0 aromatic heterocycles. The molecule has 1 saturated heterocycles. The maximum atomic E-state index is 12.5. The Hall–Kier alpha value is -2.04. The molecule has 0 saturated carbocycles. The van der Waals surface area contributed by atoms with Crippen LogP contribution in [0.15, 0.2) is 24.3 Å². The van der Waals surface area contributed by atoms with Gasteiger partial charge in [-0.2, -0.15) is 0 Å². The Balaban J connectivity index is 2.03. The van der Waals surface area contributed by atoms with E-state index in [0.717, 1.165) is 5.69 Å². The van der Waals surface area contributed by atoms with Gasteiger partial charge in [0.05, 0.1) is 5.69 Å². The van der Waals surface area contributed by atoms with Crippen molar-refractivity contribution in [1.82, 2.24) is 0 Å². The second kappa shape index (κ2) is 3.98. The molecule has 1 fully saturated rings. The van der Waals surface area contributed by atoms with Crippen LogP contribution in [0.5, 0.6) is 5.75 Å². The number of hydrogen-bond acceptors (Lipinski definition) is 5. The summed E-state index contributed by atoms with van der Waals surface area (Å²) < 4.78 is 11.1. The third kappa shape index (κ3) is 1.69. The summed E-state index contributed by atoms with van der Waals surface area (Å²) in [5.41, 5.74) is -1.53. The van der Waals surface area contributed by atoms with E-state index >= 15 is 0 Å². The van der Waals surface area contributed by atoms with Gasteiger partial charge in [-0.25, -0.2) is 4.79 Å². The van der Waals surface area contributed by atoms with Crippen LogP contribution in [-0.2, 0) is 14.3 Å². The number of Topliss-reactive ketones (excluding diaryl/α,β-unsaturated/α-hetero) is 1. The van der Waals surface area contributed by atoms with Gasteiger partial charge in [0, 0.05) is 13.0 Å². The number of hydrogen-bond donors (Lipinski definition) is 0. The van der Waals surface area contributed by atoms with Crippen LogP contribution in [0.1, 0.15) is 27.2 Å². The quantitative estimate of drug-likeness (QED) is 0.578. The lowest BCUT2D eigenvalue weighted by Crippen LogP contribution is -2.58. The van der Waals surface area contributed by atoms with Crippen LogP contribution in [0.25, 0.3) is 0 Å². The van der Waals surface area contributed by atoms with Crippen molar-refractivity contribution in [2.75, 3.05) is 11.4 Å². The SMILES string of the molecule is CC(C)(C)OC(=O)C12Oc3ccccc3N1CCC2=O. The van der Waals surface area contributed by atoms with Crippen molar-refractivity contribution in [3.8, 4) is 5.75 Å². The minimum absolute atomic E-state index is 0.247. The molecule has 0 N–H and O–H groups in total. The van der Waals surface area contributed by atoms with Gasteiger partial charge in [-0.15, -0.1) is 0 Å². The van der Waals surface area contributed by atoms with Crippen molar-refractivity contribution in [2.45, 2.75) is 38.5 Å². The summed E-state index contributed by atoms with van der Waals surface area (Å²) >= 11 is 0. The number of para-hydroxylation sites is 2. The Morgan fingerprint density at radius 1 is 1.35 bits per heavy atom. The van der Waals surface area contributed by atoms with Gasteiger partial charge >= 0.3 is 11.7 Å². The van der Waals surface area contributed by atoms with Crippen LogP contribution >= 0.6 is 0 Å². The van der Waals surface area contributed by atoms with Crippen molar-refractivity contribution in [3.05, 3.63) is 24.3 Å². The van der Waals surface area contributed by atoms with Gasteiger partial charge in [0.15, 0.2) is 0 Å². The zero-order chi connectivity index (χ0) is 14.5. The number of benzene rings is 1. The van der Waals surface area contributed by atoms with E-state index < -0.39 is 17.3 Å². The monoisotopic (exact) mass is 275 g/mol. The van der Waals surface area contributed by atoms with E-state index in [-0.39, 0.29) is 12.2 Å². The van der Waals surface area contributed by atoms with Crippen molar-refractivity contribution in [3.63, 3.8) is 0 Å². The molecule has 0 spiro atoms. The van der Waals surface area contributed by atoms with Crippen LogP contribution in [0.3, 0.4) is 0 Å². The second-order valence-electron chi connectivity index (χ2n) is 6.04. The molecule has 1 aromatic rings. The van der Waals surface area contributed by atoms with E-state index in [0.29, 0.717) is 12.3 Å². The molecule has 2 aliphatic rings. The number of ketones is 1. The van der Waals surface area contributed by atoms with E-state index in [2.05, 4.69) is 0 Å². The van der Waals surface area contributed by atoms with E-state index in [1.54, 1.807) is 31.7 Å². The lowest BCUT2D eigenvalue weighted by molar-refractivity contribution is -0.173. The lowest BCUT2D eigenvalue weighted by Gasteiger charge is -2.31. The molecule has 20 heavy (non-hydrogen) atoms. The molecule has 5 heteroatoms. The van der Waals surface area contributed by atoms with Gasteiger partial charge in [-0.1, -0.05) is 12.1 Å². The minimum atomic E-state index is -1.63. The van der Waals surface area contributed by atoms with Gasteiger partial charge in [0.2, 0.25) is 5.78 Å². The Kier molecular flexibility index (Phi) is 2.58. The minimum Gasteiger partial charge on any atom is -0.455 e. The molecule has 0 bridgehead atoms. The number of carbonyl (C=O) groups excluding carboxylic acids is 2. The fourth-order valence-electron chi connectivity index (χ4n) is 2.63. The van der Waals surface area contributed by atoms with Gasteiger partial charge in [-0.3, -0.25) is 4.79 Å². The zero-order valence-corrected chi connectivity index (χ0v) is 11.8. The molecule has 2 heterocycles. The van der Waals surface area contributed by atoms with E-state index in [9.17, 15) is 9.59 Å². The third-order valence-electron chi connectivity index (χ3n) is 3.41. The first-order valence-electron chi connectivity index (χ1n) is 6.67. The normalized spacial score (nSPS) is 24.1. The summed E-state index contributed by atoms with van der Waals surface area (Å²) in [6, 6.07) is 7.28. The molecular weight excluding hydrogens is 258 g/mol. The van der Waals surface area contributed by atoms with E-state index in [1.165, 1.54) is 0 Å². The van der Waals surface area contributed by atoms with Crippen molar-refractivity contribution < 1.29 is 19.1 Å². The topological polar surface area (TPSA) is 55.8 Å². The number of rotatable bonds is 1. The van der Waals surface area contributed by atoms with Crippen LogP contribution in [-0.4, -0.2) is 29.6 Å². The second-order valence-corrected chi connectivity index (χ2v) is 6.04. The first-order chi connectivity index (χ1) is 9.34. The summed E-state index contributed by atoms with van der Waals surface area (Å²) in [6.45, 7) is 5.78. The summed E-state index contributed by atoms with van der Waals surface area (Å²) in [6.07, 6.45) is 0.285. The van der Waals surface area contributed by atoms with Crippen LogP contribution in [0.2, 0.25) is 0 Å². The highest BCUT2D eigenvalue weighted by molar-refractivity contribution is 6.14. The molecule has 1 unspecified atom stereocenters. The number of carbonyl (C=O) groups is 2. The lowest BCUT2D eigenvalue weighted by atomic mass is 10.1. The molecule has 2 aliphatic heterocycles. The van der Waals surface area contributed by atoms with Gasteiger partial charge in [-0.05, 0) is 32.9 Å². The molecular formula is C15H17NO4. The predicted molar refractivity (Wildman–Crippen MR) is 72.6 cm³/mol. The Bertz CT molecular complexity index is 590. The van der Waals surface area contributed by atoms with Crippen molar-refractivity contribution in [2.24, 2.45) is 0 Å². The predicted octanol–water partition coefficient (Wildman–Crippen LogP) is 1.90. The van der Waals surface area contributed by atoms with Crippen molar-refractivity contribution in [1.29, 1.82) is 0 Å². The highest BCUT2D eigenvalue weighted by atomic mass is 16.6. The van der Waals surface area contributed by atoms with E-state index in [1.807, 2.05) is 18.2 Å². The molecule has 1 aromatic carbocycles. The summed E-state index contributed by atoms with van der Waals surface area (Å²) in [5.74, 6) is -0.335. The van der Waals surface area contributed by atoms with Crippen LogP contribution in [0.4, 0.5) is 5.69 Å². The zero-order valence-electron chi connectivity index (χ0n) is 11.8. The Labute approximate surface area is 117 Å². The summed E-state index contributed by atoms with van der Waals surface area (Å²) in [7, 11) is 0. The molecule has 0 aliphatic carbocycles. The smallest absolute Gasteiger partial charge is 0.381 e. The molecule has 5 nitrogen and oxygen atoms in total. The number of ether oxygens (including phenoxy) is 2. The Morgan fingerprint density at radius 2 is 2.05 bits per heavy atom. The van der Waals surface area contributed by atoms with Gasteiger partial charge in [0.25, 0.3) is 0 Å². The number of nitrogens with zero attached hydrogens (tertiary/aromatic N) is 1. The van der Waals surface area contributed by atoms with Gasteiger partial charge < -0.3 is 14.4 Å².